The first kappa shape index (κ1) is 13.5. The molecule has 0 spiro atoms. The van der Waals surface area contributed by atoms with Gasteiger partial charge in [-0.2, -0.15) is 5.10 Å². The van der Waals surface area contributed by atoms with E-state index in [1.54, 1.807) is 0 Å². The molecule has 0 bridgehead atoms. The SMILES string of the molecule is Cc1cc(C)n(-c2nnc(Nc3nonc3[N+](=O)[O-])nn2)n1. The lowest BCUT2D eigenvalue weighted by Gasteiger charge is -2.01. The Hall–Kier alpha value is -3.51. The van der Waals surface area contributed by atoms with Crippen molar-refractivity contribution < 1.29 is 9.55 Å². The van der Waals surface area contributed by atoms with E-state index in [0.717, 1.165) is 11.4 Å². The van der Waals surface area contributed by atoms with E-state index in [1.165, 1.54) is 4.68 Å². The Bertz CT molecular complexity index is 823. The molecule has 1 N–H and O–H groups in total. The highest BCUT2D eigenvalue weighted by Gasteiger charge is 2.23. The predicted octanol–water partition coefficient (Wildman–Crippen LogP) is 0.104. The van der Waals surface area contributed by atoms with Crippen molar-refractivity contribution in [2.24, 2.45) is 0 Å². The molecular weight excluding hydrogens is 296 g/mol. The Morgan fingerprint density at radius 2 is 1.95 bits per heavy atom. The number of anilines is 2. The molecule has 0 atom stereocenters. The molecule has 0 amide bonds. The molecule has 0 radical (unpaired) electrons. The van der Waals surface area contributed by atoms with E-state index in [4.69, 9.17) is 0 Å². The van der Waals surface area contributed by atoms with Crippen LogP contribution in [0.5, 0.6) is 0 Å². The molecule has 0 saturated carbocycles. The van der Waals surface area contributed by atoms with Crippen molar-refractivity contribution in [1.82, 2.24) is 40.5 Å². The number of rotatable bonds is 4. The van der Waals surface area contributed by atoms with Crippen molar-refractivity contribution >= 4 is 17.6 Å². The van der Waals surface area contributed by atoms with Crippen LogP contribution in [0.2, 0.25) is 0 Å². The van der Waals surface area contributed by atoms with E-state index in [9.17, 15) is 10.1 Å². The molecule has 0 aliphatic carbocycles. The average Bonchev–Trinajstić information content (AvgIpc) is 3.06. The van der Waals surface area contributed by atoms with Crippen LogP contribution in [0.3, 0.4) is 0 Å². The van der Waals surface area contributed by atoms with Gasteiger partial charge in [-0.25, -0.2) is 4.68 Å². The lowest BCUT2D eigenvalue weighted by molar-refractivity contribution is -0.389. The van der Waals surface area contributed by atoms with Gasteiger partial charge in [0.2, 0.25) is 0 Å². The lowest BCUT2D eigenvalue weighted by Crippen LogP contribution is -2.10. The molecule has 0 fully saturated rings. The van der Waals surface area contributed by atoms with Gasteiger partial charge in [0, 0.05) is 10.9 Å². The van der Waals surface area contributed by atoms with E-state index < -0.39 is 10.7 Å². The number of hydrogen-bond donors (Lipinski definition) is 1. The third kappa shape index (κ3) is 2.41. The van der Waals surface area contributed by atoms with Crippen LogP contribution in [0.15, 0.2) is 10.7 Å². The Kier molecular flexibility index (Phi) is 3.13. The van der Waals surface area contributed by atoms with Gasteiger partial charge in [0.25, 0.3) is 17.7 Å². The van der Waals surface area contributed by atoms with Gasteiger partial charge >= 0.3 is 5.82 Å². The number of aryl methyl sites for hydroxylation is 2. The molecule has 13 nitrogen and oxygen atoms in total. The van der Waals surface area contributed by atoms with Gasteiger partial charge in [-0.3, -0.25) is 5.32 Å². The summed E-state index contributed by atoms with van der Waals surface area (Å²) in [5.41, 5.74) is 1.62. The van der Waals surface area contributed by atoms with Crippen LogP contribution < -0.4 is 5.32 Å². The molecule has 22 heavy (non-hydrogen) atoms. The minimum atomic E-state index is -0.760. The fourth-order valence-corrected chi connectivity index (χ4v) is 1.68. The summed E-state index contributed by atoms with van der Waals surface area (Å²) in [6.45, 7) is 3.66. The standard InChI is InChI=1S/C9H8N10O3/c1-4-3-5(2)18(15-4)9-13-11-8(12-14-9)10-6-7(19(20)21)17-22-16-6/h3H,1-2H3,(H,10,11,12,16). The molecule has 0 aliphatic rings. The first-order chi connectivity index (χ1) is 10.5. The number of hydrogen-bond acceptors (Lipinski definition) is 11. The third-order valence-electron chi connectivity index (χ3n) is 2.54. The summed E-state index contributed by atoms with van der Waals surface area (Å²) < 4.78 is 5.75. The topological polar surface area (TPSA) is 163 Å². The molecule has 0 unspecified atom stereocenters. The van der Waals surface area contributed by atoms with E-state index in [0.29, 0.717) is 0 Å². The van der Waals surface area contributed by atoms with Gasteiger partial charge in [-0.1, -0.05) is 0 Å². The molecule has 13 heteroatoms. The lowest BCUT2D eigenvalue weighted by atomic mass is 10.4. The summed E-state index contributed by atoms with van der Waals surface area (Å²) in [5, 5.41) is 39.0. The molecule has 3 aromatic heterocycles. The van der Waals surface area contributed by atoms with E-state index >= 15 is 0 Å². The van der Waals surface area contributed by atoms with Crippen LogP contribution in [-0.4, -0.2) is 45.4 Å². The minimum Gasteiger partial charge on any atom is -0.358 e. The Labute approximate surface area is 121 Å². The average molecular weight is 304 g/mol. The molecule has 3 aromatic rings. The summed E-state index contributed by atoms with van der Waals surface area (Å²) in [6.07, 6.45) is 0. The molecule has 0 saturated heterocycles. The quantitative estimate of drug-likeness (QED) is 0.513. The second kappa shape index (κ2) is 5.12. The summed E-state index contributed by atoms with van der Waals surface area (Å²) in [6, 6.07) is 1.85. The summed E-state index contributed by atoms with van der Waals surface area (Å²) in [4.78, 5) is 9.91. The van der Waals surface area contributed by atoms with Crippen LogP contribution in [-0.2, 0) is 0 Å². The van der Waals surface area contributed by atoms with Crippen molar-refractivity contribution in [1.29, 1.82) is 0 Å². The highest BCUT2D eigenvalue weighted by Crippen LogP contribution is 2.20. The first-order valence-electron chi connectivity index (χ1n) is 5.89. The van der Waals surface area contributed by atoms with Gasteiger partial charge in [0.05, 0.1) is 5.69 Å². The minimum absolute atomic E-state index is 0.0934. The fourth-order valence-electron chi connectivity index (χ4n) is 1.68. The summed E-state index contributed by atoms with van der Waals surface area (Å²) >= 11 is 0. The van der Waals surface area contributed by atoms with E-state index in [-0.39, 0.29) is 17.7 Å². The largest absolute Gasteiger partial charge is 0.459 e. The number of nitrogens with one attached hydrogen (secondary N) is 1. The summed E-state index contributed by atoms with van der Waals surface area (Å²) in [7, 11) is 0. The Balaban J connectivity index is 1.84. The molecule has 112 valence electrons. The molecule has 3 rings (SSSR count). The zero-order valence-corrected chi connectivity index (χ0v) is 11.3. The van der Waals surface area contributed by atoms with Gasteiger partial charge in [-0.15, -0.1) is 25.0 Å². The Morgan fingerprint density at radius 3 is 2.55 bits per heavy atom. The monoisotopic (exact) mass is 304 g/mol. The zero-order chi connectivity index (χ0) is 15.7. The summed E-state index contributed by atoms with van der Waals surface area (Å²) in [5.74, 6) is -0.758. The first-order valence-corrected chi connectivity index (χ1v) is 5.89. The van der Waals surface area contributed by atoms with Crippen LogP contribution in [0.25, 0.3) is 5.95 Å². The maximum absolute atomic E-state index is 10.7. The highest BCUT2D eigenvalue weighted by molar-refractivity contribution is 5.55. The normalized spacial score (nSPS) is 10.6. The van der Waals surface area contributed by atoms with Crippen molar-refractivity contribution in [3.8, 4) is 5.95 Å². The predicted molar refractivity (Wildman–Crippen MR) is 68.5 cm³/mol. The molecule has 0 aliphatic heterocycles. The van der Waals surface area contributed by atoms with E-state index in [1.807, 2.05) is 19.9 Å². The maximum atomic E-state index is 10.7. The van der Waals surface area contributed by atoms with Crippen molar-refractivity contribution in [2.75, 3.05) is 5.32 Å². The van der Waals surface area contributed by atoms with Gasteiger partial charge in [0.15, 0.2) is 5.16 Å². The molecule has 0 aromatic carbocycles. The van der Waals surface area contributed by atoms with Crippen LogP contribution in [0, 0.1) is 24.0 Å². The number of aromatic nitrogens is 8. The second-order valence-corrected chi connectivity index (χ2v) is 4.18. The maximum Gasteiger partial charge on any atom is 0.459 e. The van der Waals surface area contributed by atoms with Crippen LogP contribution in [0.1, 0.15) is 11.4 Å². The van der Waals surface area contributed by atoms with Gasteiger partial charge in [-0.05, 0) is 24.8 Å². The van der Waals surface area contributed by atoms with Crippen molar-refractivity contribution in [3.63, 3.8) is 0 Å². The fraction of sp³-hybridized carbons (Fsp3) is 0.222. The third-order valence-corrected chi connectivity index (χ3v) is 2.54. The van der Waals surface area contributed by atoms with Crippen LogP contribution in [0.4, 0.5) is 17.6 Å². The van der Waals surface area contributed by atoms with Crippen molar-refractivity contribution in [2.45, 2.75) is 13.8 Å². The van der Waals surface area contributed by atoms with Crippen molar-refractivity contribution in [3.05, 3.63) is 27.6 Å². The zero-order valence-electron chi connectivity index (χ0n) is 11.3. The highest BCUT2D eigenvalue weighted by atomic mass is 16.6. The van der Waals surface area contributed by atoms with Crippen LogP contribution >= 0.6 is 0 Å². The number of nitro groups is 1. The number of nitrogens with zero attached hydrogens (tertiary/aromatic N) is 9. The molecule has 3 heterocycles. The Morgan fingerprint density at radius 1 is 1.23 bits per heavy atom. The molecular formula is C9H8N10O3. The van der Waals surface area contributed by atoms with Gasteiger partial charge in [0.1, 0.15) is 0 Å². The smallest absolute Gasteiger partial charge is 0.358 e. The second-order valence-electron chi connectivity index (χ2n) is 4.18. The van der Waals surface area contributed by atoms with Gasteiger partial charge < -0.3 is 10.1 Å². The van der Waals surface area contributed by atoms with E-state index in [2.05, 4.69) is 45.8 Å².